The van der Waals surface area contributed by atoms with E-state index in [9.17, 15) is 4.79 Å². The second-order valence-electron chi connectivity index (χ2n) is 2.92. The molecule has 0 saturated heterocycles. The van der Waals surface area contributed by atoms with E-state index in [0.29, 0.717) is 11.4 Å². The molecular weight excluding hydrogens is 168 g/mol. The minimum Gasteiger partial charge on any atom is -0.408 e. The lowest BCUT2D eigenvalue weighted by Gasteiger charge is -2.08. The fourth-order valence-electron chi connectivity index (χ4n) is 1.23. The van der Waals surface area contributed by atoms with Gasteiger partial charge < -0.3 is 16.2 Å². The third-order valence-electron chi connectivity index (χ3n) is 1.65. The van der Waals surface area contributed by atoms with E-state index >= 15 is 0 Å². The fourth-order valence-corrected chi connectivity index (χ4v) is 1.23. The van der Waals surface area contributed by atoms with Gasteiger partial charge >= 0.3 is 6.09 Å². The van der Waals surface area contributed by atoms with Gasteiger partial charge in [-0.2, -0.15) is 0 Å². The Kier molecular flexibility index (Phi) is 2.41. The van der Waals surface area contributed by atoms with Crippen molar-refractivity contribution in [2.24, 2.45) is 5.73 Å². The van der Waals surface area contributed by atoms with E-state index in [-0.39, 0.29) is 0 Å². The van der Waals surface area contributed by atoms with Crippen LogP contribution in [0.3, 0.4) is 0 Å². The zero-order valence-electron chi connectivity index (χ0n) is 7.63. The molecule has 0 aliphatic carbocycles. The largest absolute Gasteiger partial charge is 0.410 e. The molecule has 0 saturated carbocycles. The maximum atomic E-state index is 10.5. The molecule has 0 unspecified atom stereocenters. The number of amides is 1. The Hall–Kier alpha value is -1.71. The van der Waals surface area contributed by atoms with Gasteiger partial charge in [0.2, 0.25) is 0 Å². The summed E-state index contributed by atoms with van der Waals surface area (Å²) in [4.78, 5) is 10.5. The molecular formula is C9H12N2O2. The van der Waals surface area contributed by atoms with Crippen LogP contribution in [0.15, 0.2) is 12.1 Å². The van der Waals surface area contributed by atoms with E-state index < -0.39 is 6.09 Å². The van der Waals surface area contributed by atoms with Gasteiger partial charge in [-0.25, -0.2) is 4.79 Å². The first-order valence-electron chi connectivity index (χ1n) is 3.84. The predicted molar refractivity (Wildman–Crippen MR) is 50.5 cm³/mol. The highest BCUT2D eigenvalue weighted by Gasteiger charge is 2.07. The molecule has 70 valence electrons. The van der Waals surface area contributed by atoms with Gasteiger partial charge in [-0.05, 0) is 31.0 Å². The Balaban J connectivity index is 3.13. The van der Waals surface area contributed by atoms with Crippen molar-refractivity contribution in [1.82, 2.24) is 0 Å². The highest BCUT2D eigenvalue weighted by atomic mass is 16.5. The van der Waals surface area contributed by atoms with Crippen LogP contribution in [-0.2, 0) is 0 Å². The monoisotopic (exact) mass is 180 g/mol. The van der Waals surface area contributed by atoms with Crippen molar-refractivity contribution in [3.8, 4) is 5.75 Å². The molecule has 4 nitrogen and oxygen atoms in total. The minimum absolute atomic E-state index is 0.345. The molecule has 0 aromatic heterocycles. The van der Waals surface area contributed by atoms with Gasteiger partial charge in [0.25, 0.3) is 0 Å². The molecule has 0 aliphatic heterocycles. The maximum absolute atomic E-state index is 10.5. The Morgan fingerprint density at radius 3 is 2.46 bits per heavy atom. The van der Waals surface area contributed by atoms with Crippen LogP contribution in [0.4, 0.5) is 10.5 Å². The molecule has 0 bridgehead atoms. The molecule has 0 aliphatic rings. The first-order valence-corrected chi connectivity index (χ1v) is 3.84. The molecule has 1 rings (SSSR count). The molecule has 1 amide bonds. The van der Waals surface area contributed by atoms with Crippen molar-refractivity contribution in [2.45, 2.75) is 13.8 Å². The van der Waals surface area contributed by atoms with Crippen molar-refractivity contribution in [1.29, 1.82) is 0 Å². The number of anilines is 1. The molecule has 13 heavy (non-hydrogen) atoms. The normalized spacial score (nSPS) is 9.69. The van der Waals surface area contributed by atoms with Gasteiger partial charge in [0.05, 0.1) is 5.69 Å². The average Bonchev–Trinajstić information content (AvgIpc) is 1.96. The molecule has 0 spiro atoms. The molecule has 1 aromatic rings. The summed E-state index contributed by atoms with van der Waals surface area (Å²) in [6.07, 6.45) is -0.848. The number of carbonyl (C=O) groups excluding carboxylic acids is 1. The Morgan fingerprint density at radius 1 is 1.38 bits per heavy atom. The highest BCUT2D eigenvalue weighted by molar-refractivity contribution is 5.72. The van der Waals surface area contributed by atoms with E-state index in [1.54, 1.807) is 6.07 Å². The van der Waals surface area contributed by atoms with E-state index in [4.69, 9.17) is 16.2 Å². The second-order valence-corrected chi connectivity index (χ2v) is 2.92. The number of nitrogens with two attached hydrogens (primary N) is 2. The number of carbonyl (C=O) groups is 1. The van der Waals surface area contributed by atoms with Gasteiger partial charge in [0, 0.05) is 0 Å². The molecule has 0 heterocycles. The molecule has 1 aromatic carbocycles. The van der Waals surface area contributed by atoms with Crippen molar-refractivity contribution in [3.63, 3.8) is 0 Å². The molecule has 4 N–H and O–H groups in total. The standard InChI is InChI=1S/C9H12N2O2/c1-5-3-6(2)8(7(10)4-5)13-9(11)12/h3-4H,10H2,1-2H3,(H2,11,12). The van der Waals surface area contributed by atoms with Crippen molar-refractivity contribution >= 4 is 11.8 Å². The van der Waals surface area contributed by atoms with Crippen LogP contribution in [0, 0.1) is 13.8 Å². The molecule has 4 heteroatoms. The Labute approximate surface area is 76.5 Å². The van der Waals surface area contributed by atoms with E-state index in [2.05, 4.69) is 0 Å². The quantitative estimate of drug-likeness (QED) is 0.640. The number of nitrogen functional groups attached to an aromatic ring is 1. The number of benzene rings is 1. The summed E-state index contributed by atoms with van der Waals surface area (Å²) in [5.74, 6) is 0.345. The predicted octanol–water partition coefficient (Wildman–Crippen LogP) is 1.34. The van der Waals surface area contributed by atoms with Gasteiger partial charge in [-0.3, -0.25) is 0 Å². The zero-order valence-corrected chi connectivity index (χ0v) is 7.63. The van der Waals surface area contributed by atoms with Crippen LogP contribution in [-0.4, -0.2) is 6.09 Å². The topological polar surface area (TPSA) is 78.3 Å². The summed E-state index contributed by atoms with van der Waals surface area (Å²) in [5, 5.41) is 0. The van der Waals surface area contributed by atoms with E-state index in [0.717, 1.165) is 11.1 Å². The molecule has 0 fully saturated rings. The lowest BCUT2D eigenvalue weighted by atomic mass is 10.1. The summed E-state index contributed by atoms with van der Waals surface area (Å²) < 4.78 is 4.74. The Bertz CT molecular complexity index is 324. The summed E-state index contributed by atoms with van der Waals surface area (Å²) in [7, 11) is 0. The van der Waals surface area contributed by atoms with Crippen LogP contribution >= 0.6 is 0 Å². The number of rotatable bonds is 1. The first-order chi connectivity index (χ1) is 6.00. The van der Waals surface area contributed by atoms with Crippen LogP contribution in [0.2, 0.25) is 0 Å². The summed E-state index contributed by atoms with van der Waals surface area (Å²) >= 11 is 0. The van der Waals surface area contributed by atoms with Gasteiger partial charge in [-0.15, -0.1) is 0 Å². The number of hydrogen-bond acceptors (Lipinski definition) is 3. The number of primary amides is 1. The number of ether oxygens (including phenoxy) is 1. The summed E-state index contributed by atoms with van der Waals surface area (Å²) in [6.45, 7) is 3.72. The minimum atomic E-state index is -0.848. The van der Waals surface area contributed by atoms with Crippen molar-refractivity contribution in [2.75, 3.05) is 5.73 Å². The lowest BCUT2D eigenvalue weighted by molar-refractivity contribution is 0.211. The smallest absolute Gasteiger partial charge is 0.408 e. The van der Waals surface area contributed by atoms with Crippen LogP contribution < -0.4 is 16.2 Å². The number of hydrogen-bond donors (Lipinski definition) is 2. The zero-order chi connectivity index (χ0) is 10.0. The van der Waals surface area contributed by atoms with Crippen LogP contribution in [0.25, 0.3) is 0 Å². The van der Waals surface area contributed by atoms with E-state index in [1.807, 2.05) is 19.9 Å². The summed E-state index contributed by atoms with van der Waals surface area (Å²) in [5.41, 5.74) is 12.8. The second kappa shape index (κ2) is 3.35. The third-order valence-corrected chi connectivity index (χ3v) is 1.65. The van der Waals surface area contributed by atoms with Crippen LogP contribution in [0.1, 0.15) is 11.1 Å². The Morgan fingerprint density at radius 2 is 2.00 bits per heavy atom. The lowest BCUT2D eigenvalue weighted by Crippen LogP contribution is -2.17. The average molecular weight is 180 g/mol. The van der Waals surface area contributed by atoms with E-state index in [1.165, 1.54) is 0 Å². The van der Waals surface area contributed by atoms with Crippen LogP contribution in [0.5, 0.6) is 5.75 Å². The van der Waals surface area contributed by atoms with Crippen molar-refractivity contribution < 1.29 is 9.53 Å². The maximum Gasteiger partial charge on any atom is 0.410 e. The highest BCUT2D eigenvalue weighted by Crippen LogP contribution is 2.27. The van der Waals surface area contributed by atoms with Gasteiger partial charge in [-0.1, -0.05) is 6.07 Å². The SMILES string of the molecule is Cc1cc(C)c(OC(N)=O)c(N)c1. The first kappa shape index (κ1) is 9.38. The van der Waals surface area contributed by atoms with Crippen molar-refractivity contribution in [3.05, 3.63) is 23.3 Å². The number of aryl methyl sites for hydroxylation is 2. The fraction of sp³-hybridized carbons (Fsp3) is 0.222. The summed E-state index contributed by atoms with van der Waals surface area (Å²) in [6, 6.07) is 3.60. The molecule has 0 radical (unpaired) electrons. The third kappa shape index (κ3) is 2.11. The van der Waals surface area contributed by atoms with Gasteiger partial charge in [0.1, 0.15) is 0 Å². The molecule has 0 atom stereocenters. The van der Waals surface area contributed by atoms with Gasteiger partial charge in [0.15, 0.2) is 5.75 Å².